The Morgan fingerprint density at radius 3 is 2.35 bits per heavy atom. The molecule has 0 radical (unpaired) electrons. The van der Waals surface area contributed by atoms with Crippen LogP contribution in [0.3, 0.4) is 0 Å². The van der Waals surface area contributed by atoms with E-state index in [1.165, 1.54) is 19.1 Å². The summed E-state index contributed by atoms with van der Waals surface area (Å²) in [5.74, 6) is -1.32. The van der Waals surface area contributed by atoms with Crippen molar-refractivity contribution in [3.63, 3.8) is 0 Å². The minimum Gasteiger partial charge on any atom is -0.479 e. The first kappa shape index (κ1) is 13.7. The van der Waals surface area contributed by atoms with Crippen molar-refractivity contribution in [2.75, 3.05) is 0 Å². The standard InChI is InChI=1S/C11H14O5S/c1-7-4-5-10(6-8(7)2)17(14,15)16-9(3)11(12)13/h4-6,9H,1-3H3,(H,12,13). The Labute approximate surface area is 100 Å². The van der Waals surface area contributed by atoms with Gasteiger partial charge in [-0.3, -0.25) is 4.18 Å². The summed E-state index contributed by atoms with van der Waals surface area (Å²) in [6, 6.07) is 4.50. The molecular weight excluding hydrogens is 244 g/mol. The highest BCUT2D eigenvalue weighted by molar-refractivity contribution is 7.86. The molecule has 1 aromatic carbocycles. The van der Waals surface area contributed by atoms with E-state index in [1.807, 2.05) is 6.92 Å². The van der Waals surface area contributed by atoms with E-state index in [0.717, 1.165) is 11.1 Å². The fraction of sp³-hybridized carbons (Fsp3) is 0.364. The molecule has 0 heterocycles. The molecule has 0 amide bonds. The van der Waals surface area contributed by atoms with Crippen molar-refractivity contribution in [1.82, 2.24) is 0 Å². The molecule has 0 spiro atoms. The van der Waals surface area contributed by atoms with Crippen LogP contribution in [0.5, 0.6) is 0 Å². The van der Waals surface area contributed by atoms with Crippen LogP contribution >= 0.6 is 0 Å². The van der Waals surface area contributed by atoms with Gasteiger partial charge < -0.3 is 5.11 Å². The zero-order valence-corrected chi connectivity index (χ0v) is 10.6. The van der Waals surface area contributed by atoms with Crippen LogP contribution in [0.25, 0.3) is 0 Å². The van der Waals surface area contributed by atoms with Crippen LogP contribution < -0.4 is 0 Å². The van der Waals surface area contributed by atoms with E-state index < -0.39 is 22.2 Å². The Balaban J connectivity index is 3.05. The first-order chi connectivity index (χ1) is 7.74. The van der Waals surface area contributed by atoms with Gasteiger partial charge in [0.1, 0.15) is 0 Å². The number of aryl methyl sites for hydroxylation is 2. The minimum absolute atomic E-state index is 0.0336. The van der Waals surface area contributed by atoms with Crippen molar-refractivity contribution in [3.05, 3.63) is 29.3 Å². The molecule has 0 aliphatic carbocycles. The van der Waals surface area contributed by atoms with Crippen LogP contribution in [-0.4, -0.2) is 25.6 Å². The molecule has 1 atom stereocenters. The van der Waals surface area contributed by atoms with Gasteiger partial charge in [0.25, 0.3) is 10.1 Å². The third-order valence-corrected chi connectivity index (χ3v) is 3.76. The average Bonchev–Trinajstić information content (AvgIpc) is 2.21. The maximum atomic E-state index is 11.7. The molecule has 0 aliphatic rings. The van der Waals surface area contributed by atoms with Crippen LogP contribution in [0.2, 0.25) is 0 Å². The van der Waals surface area contributed by atoms with Crippen molar-refractivity contribution in [2.24, 2.45) is 0 Å². The lowest BCUT2D eigenvalue weighted by molar-refractivity contribution is -0.144. The second-order valence-electron chi connectivity index (χ2n) is 3.78. The summed E-state index contributed by atoms with van der Waals surface area (Å²) in [7, 11) is -4.02. The number of carboxylic acids is 1. The van der Waals surface area contributed by atoms with E-state index in [9.17, 15) is 13.2 Å². The van der Waals surface area contributed by atoms with E-state index in [4.69, 9.17) is 5.11 Å². The van der Waals surface area contributed by atoms with Crippen LogP contribution in [-0.2, 0) is 19.1 Å². The molecule has 0 aliphatic heterocycles. The molecule has 1 N–H and O–H groups in total. The normalized spacial score (nSPS) is 13.4. The Morgan fingerprint density at radius 1 is 1.29 bits per heavy atom. The Bertz CT molecular complexity index is 533. The van der Waals surface area contributed by atoms with Crippen molar-refractivity contribution in [3.8, 4) is 0 Å². The lowest BCUT2D eigenvalue weighted by Gasteiger charge is -2.10. The van der Waals surface area contributed by atoms with Crippen LogP contribution in [0.4, 0.5) is 0 Å². The van der Waals surface area contributed by atoms with E-state index in [1.54, 1.807) is 13.0 Å². The highest BCUT2D eigenvalue weighted by Crippen LogP contribution is 2.18. The first-order valence-corrected chi connectivity index (χ1v) is 6.38. The van der Waals surface area contributed by atoms with E-state index in [0.29, 0.717) is 0 Å². The number of carbonyl (C=O) groups is 1. The van der Waals surface area contributed by atoms with E-state index >= 15 is 0 Å². The molecule has 0 aromatic heterocycles. The molecule has 0 saturated heterocycles. The molecule has 0 fully saturated rings. The van der Waals surface area contributed by atoms with Gasteiger partial charge >= 0.3 is 5.97 Å². The smallest absolute Gasteiger partial charge is 0.334 e. The van der Waals surface area contributed by atoms with Gasteiger partial charge in [-0.05, 0) is 44.0 Å². The predicted octanol–water partition coefficient (Wildman–Crippen LogP) is 1.48. The Hall–Kier alpha value is -1.40. The van der Waals surface area contributed by atoms with E-state index in [2.05, 4.69) is 4.18 Å². The number of hydrogen-bond donors (Lipinski definition) is 1. The van der Waals surface area contributed by atoms with Gasteiger partial charge in [0.2, 0.25) is 0 Å². The number of benzene rings is 1. The molecule has 6 heteroatoms. The molecule has 94 valence electrons. The average molecular weight is 258 g/mol. The predicted molar refractivity (Wildman–Crippen MR) is 61.3 cm³/mol. The second-order valence-corrected chi connectivity index (χ2v) is 5.35. The lowest BCUT2D eigenvalue weighted by Crippen LogP contribution is -2.23. The summed E-state index contributed by atoms with van der Waals surface area (Å²) in [6.45, 7) is 4.79. The van der Waals surface area contributed by atoms with Crippen molar-refractivity contribution >= 4 is 16.1 Å². The van der Waals surface area contributed by atoms with Gasteiger partial charge in [-0.15, -0.1) is 0 Å². The van der Waals surface area contributed by atoms with Gasteiger partial charge in [0, 0.05) is 0 Å². The third kappa shape index (κ3) is 3.28. The molecule has 0 saturated carbocycles. The van der Waals surface area contributed by atoms with Crippen molar-refractivity contribution in [2.45, 2.75) is 31.8 Å². The summed E-state index contributed by atoms with van der Waals surface area (Å²) in [5.41, 5.74) is 1.76. The number of carboxylic acid groups (broad SMARTS) is 1. The maximum absolute atomic E-state index is 11.7. The topological polar surface area (TPSA) is 80.7 Å². The van der Waals surface area contributed by atoms with Crippen molar-refractivity contribution in [1.29, 1.82) is 0 Å². The summed E-state index contributed by atoms with van der Waals surface area (Å²) in [5, 5.41) is 8.60. The molecule has 0 bridgehead atoms. The Morgan fingerprint density at radius 2 is 1.88 bits per heavy atom. The lowest BCUT2D eigenvalue weighted by atomic mass is 10.1. The quantitative estimate of drug-likeness (QED) is 0.827. The molecule has 1 unspecified atom stereocenters. The third-order valence-electron chi connectivity index (χ3n) is 2.39. The zero-order valence-electron chi connectivity index (χ0n) is 9.80. The van der Waals surface area contributed by atoms with Crippen LogP contribution in [0, 0.1) is 13.8 Å². The summed E-state index contributed by atoms with van der Waals surface area (Å²) >= 11 is 0. The summed E-state index contributed by atoms with van der Waals surface area (Å²) < 4.78 is 28.0. The summed E-state index contributed by atoms with van der Waals surface area (Å²) in [6.07, 6.45) is -1.40. The van der Waals surface area contributed by atoms with Gasteiger partial charge in [-0.25, -0.2) is 4.79 Å². The van der Waals surface area contributed by atoms with Gasteiger partial charge in [-0.1, -0.05) is 6.07 Å². The second kappa shape index (κ2) is 4.85. The fourth-order valence-electron chi connectivity index (χ4n) is 1.16. The highest BCUT2D eigenvalue weighted by Gasteiger charge is 2.23. The minimum atomic E-state index is -4.02. The van der Waals surface area contributed by atoms with E-state index in [-0.39, 0.29) is 4.90 Å². The highest BCUT2D eigenvalue weighted by atomic mass is 32.2. The number of rotatable bonds is 4. The van der Waals surface area contributed by atoms with Gasteiger partial charge in [0.15, 0.2) is 6.10 Å². The molecule has 1 rings (SSSR count). The van der Waals surface area contributed by atoms with Gasteiger partial charge in [0.05, 0.1) is 4.90 Å². The SMILES string of the molecule is Cc1ccc(S(=O)(=O)OC(C)C(=O)O)cc1C. The monoisotopic (exact) mass is 258 g/mol. The first-order valence-electron chi connectivity index (χ1n) is 4.97. The molecule has 1 aromatic rings. The van der Waals surface area contributed by atoms with Gasteiger partial charge in [-0.2, -0.15) is 8.42 Å². The van der Waals surface area contributed by atoms with Crippen LogP contribution in [0.15, 0.2) is 23.1 Å². The zero-order chi connectivity index (χ0) is 13.2. The molecular formula is C11H14O5S. The van der Waals surface area contributed by atoms with Crippen LogP contribution in [0.1, 0.15) is 18.1 Å². The van der Waals surface area contributed by atoms with Crippen molar-refractivity contribution < 1.29 is 22.5 Å². The fourth-order valence-corrected chi connectivity index (χ4v) is 2.29. The largest absolute Gasteiger partial charge is 0.479 e. The number of aliphatic carboxylic acids is 1. The maximum Gasteiger partial charge on any atom is 0.334 e. The molecule has 5 nitrogen and oxygen atoms in total. The number of hydrogen-bond acceptors (Lipinski definition) is 4. The Kier molecular flexibility index (Phi) is 3.90. The summed E-state index contributed by atoms with van der Waals surface area (Å²) in [4.78, 5) is 10.5. The molecule has 17 heavy (non-hydrogen) atoms.